The fourth-order valence-electron chi connectivity index (χ4n) is 1.46. The molecule has 6 heteroatoms. The first-order valence-corrected chi connectivity index (χ1v) is 6.23. The van der Waals surface area contributed by atoms with Gasteiger partial charge in [0.15, 0.2) is 0 Å². The average molecular weight is 280 g/mol. The maximum absolute atomic E-state index is 10.8. The summed E-state index contributed by atoms with van der Waals surface area (Å²) in [6, 6.07) is 6.59. The quantitative estimate of drug-likeness (QED) is 0.910. The van der Waals surface area contributed by atoms with Gasteiger partial charge in [-0.2, -0.15) is 0 Å². The van der Waals surface area contributed by atoms with Gasteiger partial charge >= 0.3 is 5.97 Å². The van der Waals surface area contributed by atoms with Gasteiger partial charge in [-0.25, -0.2) is 4.79 Å². The Morgan fingerprint density at radius 1 is 1.00 bits per heavy atom. The number of benzene rings is 1. The summed E-state index contributed by atoms with van der Waals surface area (Å²) < 4.78 is 15.8. The standard InChI is InChI=1S/C13H12O5S/c1-16-8-3-9(17-2)5-10(4-8)18-11-6-12(13(14)15)19-7-11/h3-7H,1-2H3,(H,14,15). The molecular weight excluding hydrogens is 268 g/mol. The minimum absolute atomic E-state index is 0.227. The lowest BCUT2D eigenvalue weighted by Gasteiger charge is -2.08. The van der Waals surface area contributed by atoms with E-state index in [4.69, 9.17) is 19.3 Å². The number of thiophene rings is 1. The van der Waals surface area contributed by atoms with E-state index >= 15 is 0 Å². The fourth-order valence-corrected chi connectivity index (χ4v) is 2.11. The zero-order valence-corrected chi connectivity index (χ0v) is 11.2. The highest BCUT2D eigenvalue weighted by atomic mass is 32.1. The summed E-state index contributed by atoms with van der Waals surface area (Å²) in [6.45, 7) is 0. The maximum Gasteiger partial charge on any atom is 0.346 e. The third-order valence-corrected chi connectivity index (χ3v) is 3.24. The first-order valence-electron chi connectivity index (χ1n) is 5.35. The molecular formula is C13H12O5S. The molecule has 1 N–H and O–H groups in total. The van der Waals surface area contributed by atoms with Gasteiger partial charge < -0.3 is 19.3 Å². The number of ether oxygens (including phenoxy) is 3. The summed E-state index contributed by atoms with van der Waals surface area (Å²) >= 11 is 1.11. The second-order valence-corrected chi connectivity index (χ2v) is 4.51. The SMILES string of the molecule is COc1cc(OC)cc(Oc2csc(C(=O)O)c2)c1. The van der Waals surface area contributed by atoms with Crippen molar-refractivity contribution < 1.29 is 24.1 Å². The smallest absolute Gasteiger partial charge is 0.346 e. The molecule has 2 aromatic rings. The molecule has 0 amide bonds. The minimum Gasteiger partial charge on any atom is -0.496 e. The molecule has 0 bridgehead atoms. The lowest BCUT2D eigenvalue weighted by molar-refractivity contribution is 0.0702. The van der Waals surface area contributed by atoms with Crippen molar-refractivity contribution >= 4 is 17.3 Å². The van der Waals surface area contributed by atoms with E-state index in [0.29, 0.717) is 23.0 Å². The maximum atomic E-state index is 10.8. The predicted octanol–water partition coefficient (Wildman–Crippen LogP) is 3.26. The van der Waals surface area contributed by atoms with Crippen LogP contribution < -0.4 is 14.2 Å². The molecule has 5 nitrogen and oxygen atoms in total. The van der Waals surface area contributed by atoms with Crippen molar-refractivity contribution in [3.05, 3.63) is 34.5 Å². The average Bonchev–Trinajstić information content (AvgIpc) is 2.87. The first-order chi connectivity index (χ1) is 9.12. The van der Waals surface area contributed by atoms with E-state index < -0.39 is 5.97 Å². The molecule has 0 spiro atoms. The van der Waals surface area contributed by atoms with Gasteiger partial charge in [-0.15, -0.1) is 11.3 Å². The van der Waals surface area contributed by atoms with Crippen LogP contribution >= 0.6 is 11.3 Å². The van der Waals surface area contributed by atoms with Crippen LogP contribution in [-0.2, 0) is 0 Å². The molecule has 2 rings (SSSR count). The summed E-state index contributed by atoms with van der Waals surface area (Å²) in [6.07, 6.45) is 0. The van der Waals surface area contributed by atoms with Crippen molar-refractivity contribution in [1.82, 2.24) is 0 Å². The summed E-state index contributed by atoms with van der Waals surface area (Å²) in [5.41, 5.74) is 0. The Labute approximate surface area is 114 Å². The number of carboxylic acid groups (broad SMARTS) is 1. The van der Waals surface area contributed by atoms with E-state index in [1.165, 1.54) is 6.07 Å². The van der Waals surface area contributed by atoms with Gasteiger partial charge in [0.1, 0.15) is 27.9 Å². The van der Waals surface area contributed by atoms with E-state index in [1.807, 2.05) is 0 Å². The Morgan fingerprint density at radius 2 is 1.58 bits per heavy atom. The first kappa shape index (κ1) is 13.2. The van der Waals surface area contributed by atoms with Gasteiger partial charge in [0.2, 0.25) is 0 Å². The summed E-state index contributed by atoms with van der Waals surface area (Å²) in [7, 11) is 3.09. The highest BCUT2D eigenvalue weighted by Crippen LogP contribution is 2.32. The van der Waals surface area contributed by atoms with Crippen LogP contribution in [0.1, 0.15) is 9.67 Å². The van der Waals surface area contributed by atoms with E-state index in [0.717, 1.165) is 11.3 Å². The van der Waals surface area contributed by atoms with Gasteiger partial charge in [-0.05, 0) is 0 Å². The van der Waals surface area contributed by atoms with Crippen LogP contribution in [0.25, 0.3) is 0 Å². The van der Waals surface area contributed by atoms with Gasteiger partial charge in [-0.3, -0.25) is 0 Å². The Kier molecular flexibility index (Phi) is 3.91. The topological polar surface area (TPSA) is 65.0 Å². The molecule has 0 aliphatic heterocycles. The number of hydrogen-bond acceptors (Lipinski definition) is 5. The lowest BCUT2D eigenvalue weighted by Crippen LogP contribution is -1.91. The molecule has 0 unspecified atom stereocenters. The van der Waals surface area contributed by atoms with Crippen molar-refractivity contribution in [3.63, 3.8) is 0 Å². The van der Waals surface area contributed by atoms with Crippen molar-refractivity contribution in [2.24, 2.45) is 0 Å². The number of rotatable bonds is 5. The molecule has 0 aliphatic carbocycles. The number of hydrogen-bond donors (Lipinski definition) is 1. The highest BCUT2D eigenvalue weighted by Gasteiger charge is 2.09. The van der Waals surface area contributed by atoms with Crippen LogP contribution in [0.4, 0.5) is 0 Å². The Morgan fingerprint density at radius 3 is 2.05 bits per heavy atom. The van der Waals surface area contributed by atoms with Crippen LogP contribution in [-0.4, -0.2) is 25.3 Å². The monoisotopic (exact) mass is 280 g/mol. The molecule has 1 aromatic heterocycles. The fraction of sp³-hybridized carbons (Fsp3) is 0.154. The lowest BCUT2D eigenvalue weighted by atomic mass is 10.3. The second kappa shape index (κ2) is 5.62. The van der Waals surface area contributed by atoms with Crippen molar-refractivity contribution in [1.29, 1.82) is 0 Å². The predicted molar refractivity (Wildman–Crippen MR) is 70.9 cm³/mol. The van der Waals surface area contributed by atoms with Crippen LogP contribution in [0.5, 0.6) is 23.0 Å². The second-order valence-electron chi connectivity index (χ2n) is 3.60. The normalized spacial score (nSPS) is 10.0. The molecule has 0 saturated heterocycles. The molecule has 1 heterocycles. The minimum atomic E-state index is -0.969. The molecule has 100 valence electrons. The zero-order valence-electron chi connectivity index (χ0n) is 10.4. The number of aromatic carboxylic acids is 1. The summed E-state index contributed by atoms with van der Waals surface area (Å²) in [5.74, 6) is 1.22. The van der Waals surface area contributed by atoms with Crippen molar-refractivity contribution in [2.45, 2.75) is 0 Å². The van der Waals surface area contributed by atoms with E-state index in [9.17, 15) is 4.79 Å². The number of methoxy groups -OCH3 is 2. The third kappa shape index (κ3) is 3.17. The summed E-state index contributed by atoms with van der Waals surface area (Å²) in [5, 5.41) is 10.5. The number of carbonyl (C=O) groups is 1. The zero-order chi connectivity index (χ0) is 13.8. The Hall–Kier alpha value is -2.21. The van der Waals surface area contributed by atoms with Crippen LogP contribution in [0.15, 0.2) is 29.6 Å². The molecule has 0 aliphatic rings. The van der Waals surface area contributed by atoms with E-state index in [2.05, 4.69) is 0 Å². The van der Waals surface area contributed by atoms with Gasteiger partial charge in [0.05, 0.1) is 14.2 Å². The molecule has 0 atom stereocenters. The van der Waals surface area contributed by atoms with Gasteiger partial charge in [-0.1, -0.05) is 0 Å². The van der Waals surface area contributed by atoms with E-state index in [1.54, 1.807) is 37.8 Å². The number of carboxylic acids is 1. The highest BCUT2D eigenvalue weighted by molar-refractivity contribution is 7.12. The third-order valence-electron chi connectivity index (χ3n) is 2.35. The van der Waals surface area contributed by atoms with Crippen LogP contribution in [0.3, 0.4) is 0 Å². The molecule has 19 heavy (non-hydrogen) atoms. The molecule has 0 radical (unpaired) electrons. The van der Waals surface area contributed by atoms with Crippen LogP contribution in [0, 0.1) is 0 Å². The van der Waals surface area contributed by atoms with E-state index in [-0.39, 0.29) is 4.88 Å². The van der Waals surface area contributed by atoms with Crippen molar-refractivity contribution in [3.8, 4) is 23.0 Å². The summed E-state index contributed by atoms with van der Waals surface area (Å²) in [4.78, 5) is 11.0. The van der Waals surface area contributed by atoms with Crippen LogP contribution in [0.2, 0.25) is 0 Å². The Balaban J connectivity index is 2.23. The molecule has 0 fully saturated rings. The molecule has 0 saturated carbocycles. The van der Waals surface area contributed by atoms with Gasteiger partial charge in [0, 0.05) is 29.6 Å². The van der Waals surface area contributed by atoms with Crippen molar-refractivity contribution in [2.75, 3.05) is 14.2 Å². The van der Waals surface area contributed by atoms with Gasteiger partial charge in [0.25, 0.3) is 0 Å². The largest absolute Gasteiger partial charge is 0.496 e. The molecule has 1 aromatic carbocycles. The Bertz CT molecular complexity index is 568.